The van der Waals surface area contributed by atoms with E-state index in [1.807, 2.05) is 6.92 Å². The van der Waals surface area contributed by atoms with Crippen molar-refractivity contribution in [3.8, 4) is 0 Å². The molecule has 232 valence electrons. The molecule has 0 atom stereocenters. The summed E-state index contributed by atoms with van der Waals surface area (Å²) in [4.78, 5) is 0. The quantitative estimate of drug-likeness (QED) is 0.253. The van der Waals surface area contributed by atoms with Gasteiger partial charge in [-0.1, -0.05) is 120 Å². The molecule has 0 nitrogen and oxygen atoms in total. The molecule has 0 aliphatic rings. The molecule has 0 amide bonds. The van der Waals surface area contributed by atoms with Gasteiger partial charge in [0.25, 0.3) is 0 Å². The molecule has 0 saturated heterocycles. The molecule has 0 aromatic heterocycles. The zero-order chi connectivity index (χ0) is 32.6. The minimum atomic E-state index is 0.162. The molecule has 0 fully saturated rings. The van der Waals surface area contributed by atoms with Gasteiger partial charge in [-0.25, -0.2) is 0 Å². The molecule has 0 saturated carbocycles. The normalized spacial score (nSPS) is 12.3. The molecule has 0 aliphatic heterocycles. The van der Waals surface area contributed by atoms with Crippen molar-refractivity contribution in [2.75, 3.05) is 0 Å². The van der Waals surface area contributed by atoms with Crippen molar-refractivity contribution in [1.29, 1.82) is 0 Å². The first-order valence-electron chi connectivity index (χ1n) is 16.2. The highest BCUT2D eigenvalue weighted by atomic mass is 14.4. The Balaban J connectivity index is 0.00000299. The Morgan fingerprint density at radius 1 is 0.585 bits per heavy atom. The van der Waals surface area contributed by atoms with Crippen LogP contribution in [0.1, 0.15) is 173 Å². The second kappa shape index (κ2) is 15.4. The van der Waals surface area contributed by atoms with Gasteiger partial charge in [0.1, 0.15) is 0 Å². The lowest BCUT2D eigenvalue weighted by atomic mass is 9.70. The summed E-state index contributed by atoms with van der Waals surface area (Å²) >= 11 is 0. The van der Waals surface area contributed by atoms with E-state index in [-0.39, 0.29) is 21.7 Å². The van der Waals surface area contributed by atoms with Crippen LogP contribution < -0.4 is 0 Å². The van der Waals surface area contributed by atoms with E-state index in [1.165, 1.54) is 44.5 Å². The minimum absolute atomic E-state index is 0.162. The van der Waals surface area contributed by atoms with Crippen molar-refractivity contribution in [2.45, 2.75) is 164 Å². The Morgan fingerprint density at radius 3 is 1.05 bits per heavy atom. The van der Waals surface area contributed by atoms with Crippen LogP contribution in [0.5, 0.6) is 0 Å². The Morgan fingerprint density at radius 2 is 0.829 bits per heavy atom. The van der Waals surface area contributed by atoms with Crippen molar-refractivity contribution >= 4 is 0 Å². The lowest BCUT2D eigenvalue weighted by Gasteiger charge is -2.35. The molecular weight excluding hydrogens is 492 g/mol. The molecule has 0 heteroatoms. The third kappa shape index (κ3) is 8.95. The van der Waals surface area contributed by atoms with Gasteiger partial charge in [0, 0.05) is 5.92 Å². The summed E-state index contributed by atoms with van der Waals surface area (Å²) in [6, 6.07) is 10.2. The molecule has 2 aromatic rings. The molecule has 0 spiro atoms. The van der Waals surface area contributed by atoms with Gasteiger partial charge in [0.15, 0.2) is 0 Å². The van der Waals surface area contributed by atoms with Crippen molar-refractivity contribution in [2.24, 2.45) is 0 Å². The van der Waals surface area contributed by atoms with Crippen LogP contribution >= 0.6 is 0 Å². The standard InChI is InChI=1S/C36H58.C3H6.C2H4/c1-16-33(8,9)27-20-29(25(6)31(22-27)35(12,13)18-3)24(5)30-21-28(34(10,11)17-2)23-32(26(30)7)36(14,15)19-4;1-3-2;1-2/h20-24H,16-19H2,1-15H3;3H,1H2,2H3;1-2H2. The third-order valence-corrected chi connectivity index (χ3v) is 10.4. The summed E-state index contributed by atoms with van der Waals surface area (Å²) in [6.07, 6.45) is 6.32. The fourth-order valence-electron chi connectivity index (χ4n) is 5.52. The highest BCUT2D eigenvalue weighted by molar-refractivity contribution is 5.53. The van der Waals surface area contributed by atoms with Crippen molar-refractivity contribution in [3.63, 3.8) is 0 Å². The molecule has 41 heavy (non-hydrogen) atoms. The maximum absolute atomic E-state index is 3.36. The maximum atomic E-state index is 3.36. The van der Waals surface area contributed by atoms with E-state index in [0.717, 1.165) is 25.7 Å². The molecule has 2 rings (SSSR count). The Bertz CT molecular complexity index is 1030. The Labute approximate surface area is 258 Å². The van der Waals surface area contributed by atoms with Crippen LogP contribution in [0.25, 0.3) is 0 Å². The fraction of sp³-hybridized carbons (Fsp3) is 0.610. The zero-order valence-corrected chi connectivity index (χ0v) is 30.4. The second-order valence-corrected chi connectivity index (χ2v) is 14.6. The number of rotatable bonds is 10. The topological polar surface area (TPSA) is 0 Å². The first-order chi connectivity index (χ1) is 18.8. The highest BCUT2D eigenvalue weighted by Gasteiger charge is 2.31. The lowest BCUT2D eigenvalue weighted by Crippen LogP contribution is -2.24. The van der Waals surface area contributed by atoms with E-state index < -0.39 is 0 Å². The van der Waals surface area contributed by atoms with Crippen molar-refractivity contribution in [1.82, 2.24) is 0 Å². The van der Waals surface area contributed by atoms with Gasteiger partial charge in [-0.15, -0.1) is 19.7 Å². The van der Waals surface area contributed by atoms with Gasteiger partial charge in [-0.3, -0.25) is 0 Å². The number of hydrogen-bond donors (Lipinski definition) is 0. The summed E-state index contributed by atoms with van der Waals surface area (Å²) in [5, 5.41) is 0. The summed E-state index contributed by atoms with van der Waals surface area (Å²) < 4.78 is 0. The highest BCUT2D eigenvalue weighted by Crippen LogP contribution is 2.43. The molecular formula is C41H68. The van der Waals surface area contributed by atoms with Crippen LogP contribution in [0.3, 0.4) is 0 Å². The number of benzene rings is 2. The predicted molar refractivity (Wildman–Crippen MR) is 190 cm³/mol. The Kier molecular flexibility index (Phi) is 14.6. The van der Waals surface area contributed by atoms with Crippen LogP contribution in [0.15, 0.2) is 50.1 Å². The fourth-order valence-corrected chi connectivity index (χ4v) is 5.52. The van der Waals surface area contributed by atoms with Crippen LogP contribution in [0.2, 0.25) is 0 Å². The smallest absolute Gasteiger partial charge is 0.00666 e. The Hall–Kier alpha value is -2.08. The predicted octanol–water partition coefficient (Wildman–Crippen LogP) is 13.2. The molecule has 0 aliphatic carbocycles. The number of hydrogen-bond acceptors (Lipinski definition) is 0. The van der Waals surface area contributed by atoms with E-state index in [4.69, 9.17) is 0 Å². The zero-order valence-electron chi connectivity index (χ0n) is 30.4. The molecule has 0 heterocycles. The van der Waals surface area contributed by atoms with E-state index in [2.05, 4.69) is 148 Å². The average molecular weight is 561 g/mol. The average Bonchev–Trinajstić information content (AvgIpc) is 2.93. The SMILES string of the molecule is C=C.C=CC.CCC(C)(C)c1cc(C(C)c2cc(C(C)(C)CC)cc(C(C)(C)CC)c2C)c(C)c(C(C)(C)CC)c1. The number of allylic oxidation sites excluding steroid dienone is 1. The maximum Gasteiger partial charge on any atom is 0.00666 e. The third-order valence-electron chi connectivity index (χ3n) is 10.4. The summed E-state index contributed by atoms with van der Waals surface area (Å²) in [7, 11) is 0. The van der Waals surface area contributed by atoms with Gasteiger partial charge in [0.2, 0.25) is 0 Å². The van der Waals surface area contributed by atoms with Crippen LogP contribution in [0, 0.1) is 13.8 Å². The molecule has 0 radical (unpaired) electrons. The molecule has 2 aromatic carbocycles. The van der Waals surface area contributed by atoms with Gasteiger partial charge < -0.3 is 0 Å². The lowest BCUT2D eigenvalue weighted by molar-refractivity contribution is 0.483. The molecule has 0 bridgehead atoms. The van der Waals surface area contributed by atoms with Crippen molar-refractivity contribution in [3.05, 3.63) is 94.6 Å². The molecule has 0 unspecified atom stereocenters. The van der Waals surface area contributed by atoms with Gasteiger partial charge in [-0.05, 0) is 113 Å². The second-order valence-electron chi connectivity index (χ2n) is 14.6. The van der Waals surface area contributed by atoms with Gasteiger partial charge in [-0.2, -0.15) is 0 Å². The van der Waals surface area contributed by atoms with E-state index in [9.17, 15) is 0 Å². The monoisotopic (exact) mass is 561 g/mol. The van der Waals surface area contributed by atoms with Gasteiger partial charge >= 0.3 is 0 Å². The summed E-state index contributed by atoms with van der Waals surface area (Å²) in [5.74, 6) is 0.350. The largest absolute Gasteiger partial charge is 0.106 e. The van der Waals surface area contributed by atoms with Crippen LogP contribution in [-0.2, 0) is 21.7 Å². The summed E-state index contributed by atoms with van der Waals surface area (Å²) in [6.45, 7) is 47.1. The van der Waals surface area contributed by atoms with Crippen LogP contribution in [-0.4, -0.2) is 0 Å². The van der Waals surface area contributed by atoms with Crippen molar-refractivity contribution < 1.29 is 0 Å². The van der Waals surface area contributed by atoms with E-state index in [1.54, 1.807) is 6.08 Å². The molecule has 0 N–H and O–H groups in total. The van der Waals surface area contributed by atoms with E-state index in [0.29, 0.717) is 5.92 Å². The van der Waals surface area contributed by atoms with Crippen LogP contribution in [0.4, 0.5) is 0 Å². The first kappa shape index (κ1) is 38.9. The van der Waals surface area contributed by atoms with Gasteiger partial charge in [0.05, 0.1) is 0 Å². The summed E-state index contributed by atoms with van der Waals surface area (Å²) in [5.41, 5.74) is 12.7. The minimum Gasteiger partial charge on any atom is -0.106 e. The first-order valence-corrected chi connectivity index (χ1v) is 16.2. The van der Waals surface area contributed by atoms with E-state index >= 15 is 0 Å².